The predicted octanol–water partition coefficient (Wildman–Crippen LogP) is 11.4. The third-order valence-electron chi connectivity index (χ3n) is 10.6. The van der Waals surface area contributed by atoms with Gasteiger partial charge in [-0.2, -0.15) is 0 Å². The minimum atomic E-state index is -0.430. The number of ether oxygens (including phenoxy) is 1. The monoisotopic (exact) mass is 701 g/mol. The fourth-order valence-corrected chi connectivity index (χ4v) is 7.96. The molecule has 0 spiro atoms. The van der Waals surface area contributed by atoms with Gasteiger partial charge in [-0.25, -0.2) is 4.79 Å². The van der Waals surface area contributed by atoms with Gasteiger partial charge in [0.1, 0.15) is 5.68 Å². The second-order valence-corrected chi connectivity index (χ2v) is 14.2. The Labute approximate surface area is 318 Å². The van der Waals surface area contributed by atoms with E-state index in [0.717, 1.165) is 39.3 Å². The highest BCUT2D eigenvalue weighted by atomic mass is 16.5. The first-order valence-corrected chi connectivity index (χ1v) is 18.5. The Morgan fingerprint density at radius 2 is 1.06 bits per heavy atom. The number of carbonyl (C=O) groups is 2. The predicted molar refractivity (Wildman–Crippen MR) is 224 cm³/mol. The van der Waals surface area contributed by atoms with E-state index in [1.165, 1.54) is 22.3 Å². The number of hydrogen-bond acceptors (Lipinski definition) is 4. The summed E-state index contributed by atoms with van der Waals surface area (Å²) in [4.78, 5) is 29.4. The largest absolute Gasteiger partial charge is 0.462 e. The molecule has 0 bridgehead atoms. The van der Waals surface area contributed by atoms with Crippen LogP contribution in [-0.4, -0.2) is 26.1 Å². The van der Waals surface area contributed by atoms with Gasteiger partial charge in [0.05, 0.1) is 12.2 Å². The van der Waals surface area contributed by atoms with Crippen molar-refractivity contribution < 1.29 is 14.3 Å². The molecule has 7 aromatic carbocycles. The van der Waals surface area contributed by atoms with E-state index >= 15 is 0 Å². The lowest BCUT2D eigenvalue weighted by atomic mass is 9.82. The molecule has 0 unspecified atom stereocenters. The van der Waals surface area contributed by atoms with Crippen LogP contribution in [0, 0.1) is 0 Å². The number of fused-ring (bicyclic) bond motifs is 3. The quantitative estimate of drug-likeness (QED) is 0.111. The summed E-state index contributed by atoms with van der Waals surface area (Å²) in [5.74, 6) is -0.430. The zero-order valence-corrected chi connectivity index (χ0v) is 31.0. The lowest BCUT2D eigenvalue weighted by Gasteiger charge is -2.28. The summed E-state index contributed by atoms with van der Waals surface area (Å²) in [5.41, 5.74) is 14.0. The molecule has 0 radical (unpaired) electrons. The molecule has 262 valence electrons. The minimum absolute atomic E-state index is 0.0874. The van der Waals surface area contributed by atoms with E-state index in [-0.39, 0.29) is 17.7 Å². The van der Waals surface area contributed by atoms with Crippen LogP contribution in [0.15, 0.2) is 164 Å². The summed E-state index contributed by atoms with van der Waals surface area (Å²) in [5, 5.41) is 0. The number of anilines is 3. The van der Waals surface area contributed by atoms with Crippen LogP contribution in [0.5, 0.6) is 0 Å². The van der Waals surface area contributed by atoms with Crippen molar-refractivity contribution in [2.24, 2.45) is 0 Å². The van der Waals surface area contributed by atoms with E-state index < -0.39 is 5.97 Å². The van der Waals surface area contributed by atoms with Crippen LogP contribution in [0.2, 0.25) is 0 Å². The lowest BCUT2D eigenvalue weighted by molar-refractivity contribution is 0.0527. The number of carbonyl (C=O) groups excluding carboxylic acids is 2. The summed E-state index contributed by atoms with van der Waals surface area (Å²) in [7, 11) is 1.58. The van der Waals surface area contributed by atoms with Crippen molar-refractivity contribution in [3.63, 3.8) is 0 Å². The topological polar surface area (TPSA) is 46.6 Å². The third-order valence-corrected chi connectivity index (χ3v) is 10.6. The molecule has 0 amide bonds. The van der Waals surface area contributed by atoms with E-state index in [2.05, 4.69) is 97.6 Å². The first-order chi connectivity index (χ1) is 26.3. The van der Waals surface area contributed by atoms with E-state index in [1.54, 1.807) is 14.8 Å². The van der Waals surface area contributed by atoms with Gasteiger partial charge in [-0.1, -0.05) is 129 Å². The molecule has 0 fully saturated rings. The maximum Gasteiger partial charge on any atom is 0.338 e. The van der Waals surface area contributed by atoms with Gasteiger partial charge in [0.25, 0.3) is 0 Å². The van der Waals surface area contributed by atoms with Crippen molar-refractivity contribution in [2.75, 3.05) is 11.5 Å². The van der Waals surface area contributed by atoms with Crippen LogP contribution in [-0.2, 0) is 10.2 Å². The Balaban J connectivity index is 1.24. The van der Waals surface area contributed by atoms with Gasteiger partial charge in [-0.3, -0.25) is 0 Å². The molecule has 1 aliphatic rings. The van der Waals surface area contributed by atoms with Crippen molar-refractivity contribution in [1.82, 2.24) is 0 Å². The molecule has 0 heterocycles. The van der Waals surface area contributed by atoms with E-state index in [1.807, 2.05) is 84.9 Å². The molecule has 0 saturated heterocycles. The zero-order valence-electron chi connectivity index (χ0n) is 31.0. The van der Waals surface area contributed by atoms with Crippen LogP contribution in [0.25, 0.3) is 44.5 Å². The third kappa shape index (κ3) is 6.12. The highest BCUT2D eigenvalue weighted by molar-refractivity contribution is 6.63. The zero-order chi connectivity index (χ0) is 37.4. The van der Waals surface area contributed by atoms with E-state index in [0.29, 0.717) is 22.3 Å². The fraction of sp³-hybridized carbons (Fsp3) is 0.102. The lowest BCUT2D eigenvalue weighted by Crippen LogP contribution is -2.16. The van der Waals surface area contributed by atoms with Gasteiger partial charge in [0, 0.05) is 28.0 Å². The Morgan fingerprint density at radius 1 is 0.519 bits per heavy atom. The molecule has 7 aromatic rings. The van der Waals surface area contributed by atoms with Crippen molar-refractivity contribution in [3.8, 4) is 44.5 Å². The Morgan fingerprint density at radius 3 is 1.74 bits per heavy atom. The highest BCUT2D eigenvalue weighted by Gasteiger charge is 2.35. The smallest absolute Gasteiger partial charge is 0.338 e. The standard InChI is InChI=1S/C49H40BNO3/c1-4-54-48(53)44-30-41(43(47(50)52)31-42(44)38-20-12-11-19-37(38)32-15-7-5-8-16-32)33-23-25-35(26-24-33)51(34-17-9-6-10-18-34)36-27-28-40-39-21-13-14-22-45(39)49(2,3)46(40)29-36/h5-31H,4,50H2,1-3H3. The Bertz CT molecular complexity index is 2520. The van der Waals surface area contributed by atoms with Gasteiger partial charge < -0.3 is 14.4 Å². The first kappa shape index (κ1) is 34.6. The second-order valence-electron chi connectivity index (χ2n) is 14.2. The van der Waals surface area contributed by atoms with Crippen LogP contribution in [0.4, 0.5) is 17.1 Å². The van der Waals surface area contributed by atoms with Gasteiger partial charge in [-0.15, -0.1) is 0 Å². The van der Waals surface area contributed by atoms with Gasteiger partial charge in [0.2, 0.25) is 0 Å². The Kier molecular flexibility index (Phi) is 9.08. The van der Waals surface area contributed by atoms with Crippen molar-refractivity contribution in [2.45, 2.75) is 26.2 Å². The maximum atomic E-state index is 13.7. The number of nitrogens with zero attached hydrogens (tertiary/aromatic N) is 1. The summed E-state index contributed by atoms with van der Waals surface area (Å²) < 4.78 is 5.61. The molecule has 8 rings (SSSR count). The minimum Gasteiger partial charge on any atom is -0.462 e. The average Bonchev–Trinajstić information content (AvgIpc) is 3.44. The molecule has 0 aliphatic heterocycles. The summed E-state index contributed by atoms with van der Waals surface area (Å²) >= 11 is 0. The fourth-order valence-electron chi connectivity index (χ4n) is 7.96. The number of hydrogen-bond donors (Lipinski definition) is 0. The van der Waals surface area contributed by atoms with E-state index in [4.69, 9.17) is 4.74 Å². The molecule has 0 saturated carbocycles. The molecular weight excluding hydrogens is 661 g/mol. The van der Waals surface area contributed by atoms with Crippen molar-refractivity contribution in [1.29, 1.82) is 0 Å². The molecule has 0 aromatic heterocycles. The molecule has 0 atom stereocenters. The first-order valence-electron chi connectivity index (χ1n) is 18.5. The highest BCUT2D eigenvalue weighted by Crippen LogP contribution is 2.50. The molecule has 1 aliphatic carbocycles. The van der Waals surface area contributed by atoms with Gasteiger partial charge in [0.15, 0.2) is 7.85 Å². The number of benzene rings is 7. The van der Waals surface area contributed by atoms with Crippen molar-refractivity contribution >= 4 is 36.6 Å². The Hall–Kier alpha value is -6.46. The van der Waals surface area contributed by atoms with Gasteiger partial charge in [-0.05, 0) is 111 Å². The van der Waals surface area contributed by atoms with Gasteiger partial charge >= 0.3 is 5.97 Å². The van der Waals surface area contributed by atoms with Crippen LogP contribution >= 0.6 is 0 Å². The number of rotatable bonds is 9. The van der Waals surface area contributed by atoms with Crippen LogP contribution < -0.4 is 4.90 Å². The summed E-state index contributed by atoms with van der Waals surface area (Å²) in [6, 6.07) is 55.8. The normalized spacial score (nSPS) is 12.4. The molecule has 54 heavy (non-hydrogen) atoms. The molecular formula is C49H40BNO3. The second kappa shape index (κ2) is 14.2. The molecule has 0 N–H and O–H groups in total. The average molecular weight is 702 g/mol. The number of para-hydroxylation sites is 1. The number of esters is 1. The molecule has 4 nitrogen and oxygen atoms in total. The SMILES string of the molecule is BC(=O)c1cc(-c2ccccc2-c2ccccc2)c(C(=O)OCC)cc1-c1ccc(N(c2ccccc2)c2ccc3c(c2)C(C)(C)c2ccccc2-3)cc1. The van der Waals surface area contributed by atoms with E-state index in [9.17, 15) is 9.59 Å². The van der Waals surface area contributed by atoms with Crippen LogP contribution in [0.3, 0.4) is 0 Å². The summed E-state index contributed by atoms with van der Waals surface area (Å²) in [6.45, 7) is 6.63. The van der Waals surface area contributed by atoms with Crippen LogP contribution in [0.1, 0.15) is 52.6 Å². The summed E-state index contributed by atoms with van der Waals surface area (Å²) in [6.07, 6.45) is 0. The van der Waals surface area contributed by atoms with Crippen molar-refractivity contribution in [3.05, 3.63) is 186 Å². The maximum absolute atomic E-state index is 13.7. The molecule has 5 heteroatoms.